The minimum absolute atomic E-state index is 0.138. The predicted molar refractivity (Wildman–Crippen MR) is 131 cm³/mol. The maximum absolute atomic E-state index is 13.0. The second kappa shape index (κ2) is 10.5. The van der Waals surface area contributed by atoms with Crippen molar-refractivity contribution in [1.82, 2.24) is 35.6 Å². The van der Waals surface area contributed by atoms with Crippen LogP contribution >= 0.6 is 11.3 Å². The van der Waals surface area contributed by atoms with Gasteiger partial charge in [0.25, 0.3) is 0 Å². The van der Waals surface area contributed by atoms with Gasteiger partial charge in [0.05, 0.1) is 4.88 Å². The maximum Gasteiger partial charge on any atom is 0.433 e. The van der Waals surface area contributed by atoms with Crippen molar-refractivity contribution >= 4 is 23.0 Å². The Hall–Kier alpha value is -3.45. The fourth-order valence-corrected chi connectivity index (χ4v) is 5.60. The summed E-state index contributed by atoms with van der Waals surface area (Å²) in [6.07, 6.45) is 2.12. The third-order valence-corrected chi connectivity index (χ3v) is 7.65. The first kappa shape index (κ1) is 25.2. The lowest BCUT2D eigenvalue weighted by Gasteiger charge is -2.27. The Bertz CT molecular complexity index is 1340. The van der Waals surface area contributed by atoms with E-state index in [0.29, 0.717) is 29.0 Å². The van der Waals surface area contributed by atoms with Gasteiger partial charge in [-0.2, -0.15) is 18.4 Å². The number of aliphatic hydroxyl groups is 1. The van der Waals surface area contributed by atoms with Crippen molar-refractivity contribution in [1.29, 1.82) is 0 Å². The van der Waals surface area contributed by atoms with E-state index in [9.17, 15) is 18.3 Å². The number of nitrogens with zero attached hydrogens (tertiary/aromatic N) is 6. The van der Waals surface area contributed by atoms with Gasteiger partial charge in [-0.3, -0.25) is 0 Å². The fraction of sp³-hybridized carbons (Fsp3) is 0.417. The summed E-state index contributed by atoms with van der Waals surface area (Å²) in [5.41, 5.74) is 1.29. The van der Waals surface area contributed by atoms with Crippen molar-refractivity contribution in [2.45, 2.75) is 57.2 Å². The van der Waals surface area contributed by atoms with E-state index in [2.05, 4.69) is 40.9 Å². The van der Waals surface area contributed by atoms with Crippen molar-refractivity contribution in [3.63, 3.8) is 0 Å². The van der Waals surface area contributed by atoms with Gasteiger partial charge < -0.3 is 10.4 Å². The third-order valence-electron chi connectivity index (χ3n) is 6.50. The molecule has 3 aromatic heterocycles. The first-order chi connectivity index (χ1) is 17.7. The predicted octanol–water partition coefficient (Wildman–Crippen LogP) is 5.58. The molecule has 0 spiro atoms. The molecule has 1 aromatic carbocycles. The number of anilines is 2. The van der Waals surface area contributed by atoms with Gasteiger partial charge in [0.15, 0.2) is 5.82 Å². The molecular weight excluding hydrogens is 505 g/mol. The molecule has 0 amide bonds. The van der Waals surface area contributed by atoms with E-state index < -0.39 is 18.0 Å². The Morgan fingerprint density at radius 2 is 1.97 bits per heavy atom. The van der Waals surface area contributed by atoms with Gasteiger partial charge in [0, 0.05) is 24.0 Å². The lowest BCUT2D eigenvalue weighted by Crippen LogP contribution is -2.16. The second-order valence-corrected chi connectivity index (χ2v) is 10.3. The topological polar surface area (TPSA) is 125 Å². The number of hydrogen-bond donors (Lipinski definition) is 3. The Balaban J connectivity index is 1.24. The van der Waals surface area contributed by atoms with E-state index >= 15 is 0 Å². The summed E-state index contributed by atoms with van der Waals surface area (Å²) in [6, 6.07) is 6.39. The van der Waals surface area contributed by atoms with E-state index in [1.54, 1.807) is 18.3 Å². The monoisotopic (exact) mass is 530 g/mol. The van der Waals surface area contributed by atoms with Crippen molar-refractivity contribution < 1.29 is 18.3 Å². The molecule has 1 fully saturated rings. The number of rotatable bonds is 7. The average Bonchev–Trinajstić information content (AvgIpc) is 3.57. The molecule has 0 bridgehead atoms. The number of thiazole rings is 1. The average molecular weight is 531 g/mol. The lowest BCUT2D eigenvalue weighted by molar-refractivity contribution is -0.141. The Kier molecular flexibility index (Phi) is 7.15. The molecule has 1 saturated carbocycles. The van der Waals surface area contributed by atoms with Crippen LogP contribution in [0.4, 0.5) is 24.8 Å². The molecular formula is C24H25F3N8OS. The van der Waals surface area contributed by atoms with Gasteiger partial charge in [0.1, 0.15) is 16.8 Å². The van der Waals surface area contributed by atoms with Gasteiger partial charge >= 0.3 is 6.18 Å². The largest absolute Gasteiger partial charge is 0.433 e. The van der Waals surface area contributed by atoms with Crippen LogP contribution in [0.15, 0.2) is 36.7 Å². The highest BCUT2D eigenvalue weighted by atomic mass is 32.1. The van der Waals surface area contributed by atoms with E-state index in [1.807, 2.05) is 13.0 Å². The minimum atomic E-state index is -4.55. The number of nitrogens with one attached hydrogen (secondary N) is 2. The highest BCUT2D eigenvalue weighted by molar-refractivity contribution is 7.15. The Morgan fingerprint density at radius 1 is 1.16 bits per heavy atom. The molecule has 5 rings (SSSR count). The SMILES string of the molecule is Cc1cc(Nc2nccc(C(F)(F)F)n2)cc(-c2cnc(C(O)CC3CCC(c4nn[nH]n4)CC3)s2)c1. The van der Waals surface area contributed by atoms with E-state index in [-0.39, 0.29) is 5.95 Å². The molecule has 0 aliphatic heterocycles. The standard InChI is InChI=1S/C24H25F3N8OS/c1-13-8-16(11-17(9-13)30-23-28-7-6-20(31-23)24(25,26)27)19-12-29-22(37-19)18(36)10-14-2-4-15(5-3-14)21-32-34-35-33-21/h6-9,11-12,14-15,18,36H,2-5,10H2,1H3,(H,28,30,31)(H,32,33,34,35). The van der Waals surface area contributed by atoms with Crippen LogP contribution in [0.1, 0.15) is 66.2 Å². The Labute approximate surface area is 214 Å². The highest BCUT2D eigenvalue weighted by Crippen LogP contribution is 2.40. The number of benzene rings is 1. The number of tetrazole rings is 1. The third kappa shape index (κ3) is 6.10. The van der Waals surface area contributed by atoms with Crippen LogP contribution in [0.25, 0.3) is 10.4 Å². The van der Waals surface area contributed by atoms with Crippen LogP contribution in [-0.4, -0.2) is 40.7 Å². The summed E-state index contributed by atoms with van der Waals surface area (Å²) in [5.74, 6) is 1.33. The number of aromatic nitrogens is 7. The smallest absolute Gasteiger partial charge is 0.386 e. The molecule has 1 unspecified atom stereocenters. The van der Waals surface area contributed by atoms with Crippen LogP contribution in [0.3, 0.4) is 0 Å². The van der Waals surface area contributed by atoms with Crippen LogP contribution in [0.5, 0.6) is 0 Å². The molecule has 37 heavy (non-hydrogen) atoms. The van der Waals surface area contributed by atoms with Crippen molar-refractivity contribution in [3.05, 3.63) is 58.7 Å². The number of aryl methyl sites for hydroxylation is 1. The molecule has 4 aromatic rings. The van der Waals surface area contributed by atoms with Gasteiger partial charge in [-0.25, -0.2) is 15.0 Å². The molecule has 9 nitrogen and oxygen atoms in total. The molecule has 194 valence electrons. The number of halogens is 3. The van der Waals surface area contributed by atoms with Crippen molar-refractivity contribution in [2.75, 3.05) is 5.32 Å². The van der Waals surface area contributed by atoms with Crippen molar-refractivity contribution in [3.8, 4) is 10.4 Å². The molecule has 0 saturated heterocycles. The number of H-pyrrole nitrogens is 1. The van der Waals surface area contributed by atoms with Crippen LogP contribution in [-0.2, 0) is 6.18 Å². The van der Waals surface area contributed by atoms with Crippen molar-refractivity contribution in [2.24, 2.45) is 5.92 Å². The zero-order chi connectivity index (χ0) is 26.0. The molecule has 1 aliphatic carbocycles. The molecule has 3 heterocycles. The molecule has 3 N–H and O–H groups in total. The molecule has 1 atom stereocenters. The summed E-state index contributed by atoms with van der Waals surface area (Å²) in [7, 11) is 0. The zero-order valence-corrected chi connectivity index (χ0v) is 20.7. The van der Waals surface area contributed by atoms with Crippen LogP contribution < -0.4 is 5.32 Å². The van der Waals surface area contributed by atoms with E-state index in [0.717, 1.165) is 59.8 Å². The van der Waals surface area contributed by atoms with Crippen LogP contribution in [0.2, 0.25) is 0 Å². The molecule has 0 radical (unpaired) electrons. The summed E-state index contributed by atoms with van der Waals surface area (Å²) in [4.78, 5) is 12.8. The summed E-state index contributed by atoms with van der Waals surface area (Å²) < 4.78 is 39.0. The lowest BCUT2D eigenvalue weighted by atomic mass is 9.79. The summed E-state index contributed by atoms with van der Waals surface area (Å²) in [5, 5.41) is 28.7. The van der Waals surface area contributed by atoms with Gasteiger partial charge in [0.2, 0.25) is 5.95 Å². The Morgan fingerprint density at radius 3 is 2.70 bits per heavy atom. The van der Waals surface area contributed by atoms with Gasteiger partial charge in [-0.1, -0.05) is 11.3 Å². The number of hydrogen-bond acceptors (Lipinski definition) is 9. The normalized spacial score (nSPS) is 19.1. The first-order valence-corrected chi connectivity index (χ1v) is 12.7. The number of aromatic amines is 1. The fourth-order valence-electron chi connectivity index (χ4n) is 4.69. The summed E-state index contributed by atoms with van der Waals surface area (Å²) in [6.45, 7) is 1.89. The van der Waals surface area contributed by atoms with Gasteiger partial charge in [-0.05, 0) is 74.3 Å². The quantitative estimate of drug-likeness (QED) is 0.283. The van der Waals surface area contributed by atoms with E-state index in [4.69, 9.17) is 0 Å². The maximum atomic E-state index is 13.0. The first-order valence-electron chi connectivity index (χ1n) is 11.9. The molecule has 13 heteroatoms. The minimum Gasteiger partial charge on any atom is -0.386 e. The highest BCUT2D eigenvalue weighted by Gasteiger charge is 2.33. The second-order valence-electron chi connectivity index (χ2n) is 9.28. The number of alkyl halides is 3. The van der Waals surface area contributed by atoms with Gasteiger partial charge in [-0.15, -0.1) is 21.5 Å². The summed E-state index contributed by atoms with van der Waals surface area (Å²) >= 11 is 1.41. The zero-order valence-electron chi connectivity index (χ0n) is 19.9. The van der Waals surface area contributed by atoms with Crippen LogP contribution in [0, 0.1) is 12.8 Å². The number of aliphatic hydroxyl groups excluding tert-OH is 1. The molecule has 1 aliphatic rings. The van der Waals surface area contributed by atoms with E-state index in [1.165, 1.54) is 11.3 Å².